The summed E-state index contributed by atoms with van der Waals surface area (Å²) in [5.41, 5.74) is 6.50. The van der Waals surface area contributed by atoms with Crippen LogP contribution in [0.2, 0.25) is 0 Å². The molecule has 8 heteroatoms. The van der Waals surface area contributed by atoms with E-state index < -0.39 is 11.4 Å². The number of anilines is 1. The van der Waals surface area contributed by atoms with E-state index in [0.717, 1.165) is 23.5 Å². The zero-order valence-corrected chi connectivity index (χ0v) is 16.0. The lowest BCUT2D eigenvalue weighted by Gasteiger charge is -2.06. The summed E-state index contributed by atoms with van der Waals surface area (Å²) in [5, 5.41) is 10.6. The predicted octanol–water partition coefficient (Wildman–Crippen LogP) is 2.37. The maximum absolute atomic E-state index is 14.4. The van der Waals surface area contributed by atoms with Crippen LogP contribution in [-0.2, 0) is 11.3 Å². The average molecular weight is 383 g/mol. The van der Waals surface area contributed by atoms with Crippen LogP contribution in [0.4, 0.5) is 10.3 Å². The van der Waals surface area contributed by atoms with E-state index in [1.54, 1.807) is 33.2 Å². The van der Waals surface area contributed by atoms with Gasteiger partial charge in [0.15, 0.2) is 5.82 Å². The maximum Gasteiger partial charge on any atom is 0.220 e. The van der Waals surface area contributed by atoms with Crippen LogP contribution in [0.15, 0.2) is 24.7 Å². The number of hydrogen-bond acceptors (Lipinski definition) is 6. The zero-order chi connectivity index (χ0) is 20.3. The second-order valence-corrected chi connectivity index (χ2v) is 6.90. The highest BCUT2D eigenvalue weighted by atomic mass is 19.1. The van der Waals surface area contributed by atoms with Gasteiger partial charge in [-0.05, 0) is 32.3 Å². The lowest BCUT2D eigenvalue weighted by Crippen LogP contribution is -2.14. The quantitative estimate of drug-likeness (QED) is 0.518. The molecule has 3 aromatic rings. The number of aryl methyl sites for hydroxylation is 1. The SMILES string of the molecule is COCCCn1cc(-c2nc(N)ncc2F)c2cc(C#CC(C)(C)O)ncc21. The smallest absolute Gasteiger partial charge is 0.220 e. The summed E-state index contributed by atoms with van der Waals surface area (Å²) in [6, 6.07) is 1.76. The van der Waals surface area contributed by atoms with E-state index in [0.29, 0.717) is 24.4 Å². The van der Waals surface area contributed by atoms with Gasteiger partial charge in [0, 0.05) is 37.4 Å². The van der Waals surface area contributed by atoms with Gasteiger partial charge in [-0.25, -0.2) is 19.3 Å². The van der Waals surface area contributed by atoms with Crippen molar-refractivity contribution >= 4 is 16.9 Å². The summed E-state index contributed by atoms with van der Waals surface area (Å²) < 4.78 is 21.5. The molecule has 0 fully saturated rings. The fourth-order valence-electron chi connectivity index (χ4n) is 2.80. The van der Waals surface area contributed by atoms with Gasteiger partial charge >= 0.3 is 0 Å². The first-order valence-electron chi connectivity index (χ1n) is 8.80. The number of fused-ring (bicyclic) bond motifs is 1. The van der Waals surface area contributed by atoms with Crippen molar-refractivity contribution in [1.82, 2.24) is 19.5 Å². The second kappa shape index (κ2) is 7.92. The van der Waals surface area contributed by atoms with Crippen LogP contribution >= 0.6 is 0 Å². The van der Waals surface area contributed by atoms with E-state index in [9.17, 15) is 9.50 Å². The minimum absolute atomic E-state index is 0.00668. The number of ether oxygens (including phenoxy) is 1. The number of nitrogen functional groups attached to an aromatic ring is 1. The van der Waals surface area contributed by atoms with Gasteiger partial charge in [-0.1, -0.05) is 5.92 Å². The van der Waals surface area contributed by atoms with Gasteiger partial charge in [0.25, 0.3) is 0 Å². The van der Waals surface area contributed by atoms with Crippen molar-refractivity contribution in [2.24, 2.45) is 0 Å². The molecule has 0 radical (unpaired) electrons. The molecule has 3 aromatic heterocycles. The number of methoxy groups -OCH3 is 1. The molecule has 0 aliphatic heterocycles. The Kier molecular flexibility index (Phi) is 5.58. The average Bonchev–Trinajstić information content (AvgIpc) is 2.99. The van der Waals surface area contributed by atoms with E-state index in [1.165, 1.54) is 0 Å². The highest BCUT2D eigenvalue weighted by Crippen LogP contribution is 2.31. The van der Waals surface area contributed by atoms with Crippen molar-refractivity contribution in [2.75, 3.05) is 19.5 Å². The number of halogens is 1. The number of nitrogens with two attached hydrogens (primary N) is 1. The van der Waals surface area contributed by atoms with Crippen molar-refractivity contribution in [3.05, 3.63) is 36.2 Å². The lowest BCUT2D eigenvalue weighted by atomic mass is 10.1. The Bertz CT molecular complexity index is 1060. The van der Waals surface area contributed by atoms with Gasteiger partial charge in [-0.2, -0.15) is 0 Å². The number of nitrogens with zero attached hydrogens (tertiary/aromatic N) is 4. The molecule has 0 unspecified atom stereocenters. The lowest BCUT2D eigenvalue weighted by molar-refractivity contribution is 0.143. The molecule has 0 aliphatic rings. The predicted molar refractivity (Wildman–Crippen MR) is 105 cm³/mol. The second-order valence-electron chi connectivity index (χ2n) is 6.90. The van der Waals surface area contributed by atoms with E-state index in [-0.39, 0.29) is 11.6 Å². The molecule has 7 nitrogen and oxygen atoms in total. The molecule has 0 aromatic carbocycles. The molecular formula is C20H22FN5O2. The summed E-state index contributed by atoms with van der Waals surface area (Å²) in [5.74, 6) is 5.01. The molecule has 0 bridgehead atoms. The number of rotatable bonds is 5. The molecule has 3 N–H and O–H groups in total. The summed E-state index contributed by atoms with van der Waals surface area (Å²) >= 11 is 0. The van der Waals surface area contributed by atoms with Crippen LogP contribution in [0.25, 0.3) is 22.2 Å². The van der Waals surface area contributed by atoms with Crippen LogP contribution in [0, 0.1) is 17.7 Å². The summed E-state index contributed by atoms with van der Waals surface area (Å²) in [7, 11) is 1.65. The van der Waals surface area contributed by atoms with Gasteiger partial charge in [0.05, 0.1) is 17.9 Å². The largest absolute Gasteiger partial charge is 0.385 e. The van der Waals surface area contributed by atoms with Crippen LogP contribution in [0.1, 0.15) is 26.0 Å². The normalized spacial score (nSPS) is 11.5. The Morgan fingerprint density at radius 2 is 2.11 bits per heavy atom. The standard InChI is InChI=1S/C20H22FN5O2/c1-20(2,27)6-5-13-9-14-15(18-16(21)10-24-19(22)25-18)12-26(7-4-8-28-3)17(14)11-23-13/h9-12,27H,4,7-8H2,1-3H3,(H2,22,24,25). The van der Waals surface area contributed by atoms with E-state index >= 15 is 0 Å². The van der Waals surface area contributed by atoms with E-state index in [4.69, 9.17) is 10.5 Å². The Morgan fingerprint density at radius 1 is 1.32 bits per heavy atom. The Labute approximate surface area is 162 Å². The minimum atomic E-state index is -1.14. The first-order valence-corrected chi connectivity index (χ1v) is 8.80. The molecule has 0 atom stereocenters. The molecular weight excluding hydrogens is 361 g/mol. The van der Waals surface area contributed by atoms with Crippen LogP contribution in [-0.4, -0.2) is 43.9 Å². The van der Waals surface area contributed by atoms with Crippen molar-refractivity contribution in [1.29, 1.82) is 0 Å². The molecule has 28 heavy (non-hydrogen) atoms. The van der Waals surface area contributed by atoms with Crippen molar-refractivity contribution in [3.8, 4) is 23.1 Å². The summed E-state index contributed by atoms with van der Waals surface area (Å²) in [4.78, 5) is 12.1. The molecule has 0 aliphatic carbocycles. The minimum Gasteiger partial charge on any atom is -0.385 e. The van der Waals surface area contributed by atoms with Crippen molar-refractivity contribution in [3.63, 3.8) is 0 Å². The zero-order valence-electron chi connectivity index (χ0n) is 16.0. The molecule has 146 valence electrons. The van der Waals surface area contributed by atoms with Crippen LogP contribution in [0.3, 0.4) is 0 Å². The van der Waals surface area contributed by atoms with Gasteiger partial charge in [0.2, 0.25) is 5.95 Å². The molecule has 0 spiro atoms. The van der Waals surface area contributed by atoms with Gasteiger partial charge in [-0.15, -0.1) is 0 Å². The fraction of sp³-hybridized carbons (Fsp3) is 0.350. The Hall–Kier alpha value is -3.02. The molecule has 0 saturated heterocycles. The maximum atomic E-state index is 14.4. The molecule has 3 heterocycles. The Morgan fingerprint density at radius 3 is 2.82 bits per heavy atom. The number of aromatic nitrogens is 4. The van der Waals surface area contributed by atoms with Gasteiger partial charge < -0.3 is 20.1 Å². The third kappa shape index (κ3) is 4.44. The number of aliphatic hydroxyl groups is 1. The highest BCUT2D eigenvalue weighted by molar-refractivity contribution is 5.95. The number of hydrogen-bond donors (Lipinski definition) is 2. The number of pyridine rings is 1. The topological polar surface area (TPSA) is 99.1 Å². The molecule has 0 amide bonds. The third-order valence-electron chi connectivity index (χ3n) is 4.03. The first kappa shape index (κ1) is 19.7. The first-order chi connectivity index (χ1) is 13.3. The van der Waals surface area contributed by atoms with E-state index in [2.05, 4.69) is 26.8 Å². The van der Waals surface area contributed by atoms with E-state index in [1.807, 2.05) is 10.8 Å². The van der Waals surface area contributed by atoms with Crippen LogP contribution in [0.5, 0.6) is 0 Å². The Balaban J connectivity index is 2.16. The highest BCUT2D eigenvalue weighted by Gasteiger charge is 2.17. The van der Waals surface area contributed by atoms with Crippen LogP contribution < -0.4 is 5.73 Å². The third-order valence-corrected chi connectivity index (χ3v) is 4.03. The fourth-order valence-corrected chi connectivity index (χ4v) is 2.80. The molecule has 3 rings (SSSR count). The van der Waals surface area contributed by atoms with Crippen molar-refractivity contribution in [2.45, 2.75) is 32.4 Å². The van der Waals surface area contributed by atoms with Gasteiger partial charge in [0.1, 0.15) is 17.0 Å². The monoisotopic (exact) mass is 383 g/mol. The van der Waals surface area contributed by atoms with Crippen molar-refractivity contribution < 1.29 is 14.2 Å². The summed E-state index contributed by atoms with van der Waals surface area (Å²) in [6.45, 7) is 4.46. The summed E-state index contributed by atoms with van der Waals surface area (Å²) in [6.07, 6.45) is 5.35. The molecule has 0 saturated carbocycles. The van der Waals surface area contributed by atoms with Gasteiger partial charge in [-0.3, -0.25) is 0 Å².